The zero-order valence-electron chi connectivity index (χ0n) is 8.77. The van der Waals surface area contributed by atoms with Gasteiger partial charge in [0.1, 0.15) is 0 Å². The van der Waals surface area contributed by atoms with Gasteiger partial charge in [0.25, 0.3) is 0 Å². The van der Waals surface area contributed by atoms with Gasteiger partial charge in [-0.2, -0.15) is 0 Å². The van der Waals surface area contributed by atoms with E-state index < -0.39 is 0 Å². The molecule has 1 aliphatic rings. The Bertz CT molecular complexity index is 133. The second kappa shape index (κ2) is 5.58. The lowest BCUT2D eigenvalue weighted by atomic mass is 9.82. The van der Waals surface area contributed by atoms with E-state index in [-0.39, 0.29) is 0 Å². The summed E-state index contributed by atoms with van der Waals surface area (Å²) >= 11 is 0. The Morgan fingerprint density at radius 1 is 1.54 bits per heavy atom. The van der Waals surface area contributed by atoms with E-state index in [0.29, 0.717) is 5.41 Å². The minimum Gasteiger partial charge on any atom is -0.385 e. The predicted molar refractivity (Wildman–Crippen MR) is 52.9 cm³/mol. The number of ether oxygens (including phenoxy) is 2. The lowest BCUT2D eigenvalue weighted by molar-refractivity contribution is 0.129. The Kier molecular flexibility index (Phi) is 4.70. The van der Waals surface area contributed by atoms with Crippen molar-refractivity contribution in [2.24, 2.45) is 5.41 Å². The lowest BCUT2D eigenvalue weighted by Crippen LogP contribution is -2.33. The minimum atomic E-state index is 0.382. The zero-order chi connectivity index (χ0) is 9.57. The van der Waals surface area contributed by atoms with Gasteiger partial charge < -0.3 is 14.8 Å². The largest absolute Gasteiger partial charge is 0.385 e. The minimum absolute atomic E-state index is 0.382. The SMILES string of the molecule is CNCC1(CCCOC)CCOC1. The molecule has 0 aromatic rings. The van der Waals surface area contributed by atoms with Gasteiger partial charge in [-0.1, -0.05) is 0 Å². The first-order valence-corrected chi connectivity index (χ1v) is 5.04. The lowest BCUT2D eigenvalue weighted by Gasteiger charge is -2.26. The molecule has 1 heterocycles. The summed E-state index contributed by atoms with van der Waals surface area (Å²) in [4.78, 5) is 0. The monoisotopic (exact) mass is 187 g/mol. The topological polar surface area (TPSA) is 30.5 Å². The van der Waals surface area contributed by atoms with Crippen LogP contribution in [0.15, 0.2) is 0 Å². The second-order valence-electron chi connectivity index (χ2n) is 3.93. The van der Waals surface area contributed by atoms with Gasteiger partial charge in [-0.05, 0) is 26.3 Å². The summed E-state index contributed by atoms with van der Waals surface area (Å²) < 4.78 is 10.5. The van der Waals surface area contributed by atoms with Crippen LogP contribution in [0.1, 0.15) is 19.3 Å². The number of methoxy groups -OCH3 is 1. The normalized spacial score (nSPS) is 28.2. The van der Waals surface area contributed by atoms with Crippen LogP contribution >= 0.6 is 0 Å². The van der Waals surface area contributed by atoms with Crippen molar-refractivity contribution in [3.05, 3.63) is 0 Å². The zero-order valence-corrected chi connectivity index (χ0v) is 8.77. The molecular weight excluding hydrogens is 166 g/mol. The molecule has 0 spiro atoms. The quantitative estimate of drug-likeness (QED) is 0.630. The first-order valence-electron chi connectivity index (χ1n) is 5.04. The molecule has 1 fully saturated rings. The van der Waals surface area contributed by atoms with Crippen molar-refractivity contribution < 1.29 is 9.47 Å². The molecule has 0 aromatic heterocycles. The van der Waals surface area contributed by atoms with E-state index in [0.717, 1.165) is 32.8 Å². The van der Waals surface area contributed by atoms with Crippen LogP contribution in [0, 0.1) is 5.41 Å². The maximum atomic E-state index is 5.46. The number of hydrogen-bond donors (Lipinski definition) is 1. The fraction of sp³-hybridized carbons (Fsp3) is 1.00. The van der Waals surface area contributed by atoms with Gasteiger partial charge in [0.05, 0.1) is 6.61 Å². The Morgan fingerprint density at radius 2 is 2.38 bits per heavy atom. The van der Waals surface area contributed by atoms with Gasteiger partial charge in [-0.3, -0.25) is 0 Å². The van der Waals surface area contributed by atoms with Gasteiger partial charge in [0.15, 0.2) is 0 Å². The summed E-state index contributed by atoms with van der Waals surface area (Å²) in [5, 5.41) is 3.26. The van der Waals surface area contributed by atoms with Crippen LogP contribution in [0.3, 0.4) is 0 Å². The maximum Gasteiger partial charge on any atom is 0.0535 e. The number of rotatable bonds is 6. The molecule has 1 atom stereocenters. The van der Waals surface area contributed by atoms with E-state index in [1.54, 1.807) is 7.11 Å². The molecule has 0 amide bonds. The molecular formula is C10H21NO2. The molecule has 3 heteroatoms. The average Bonchev–Trinajstić information content (AvgIpc) is 2.55. The van der Waals surface area contributed by atoms with E-state index in [1.165, 1.54) is 12.8 Å². The molecule has 3 nitrogen and oxygen atoms in total. The second-order valence-corrected chi connectivity index (χ2v) is 3.93. The first kappa shape index (κ1) is 11.0. The predicted octanol–water partition coefficient (Wildman–Crippen LogP) is 1.04. The van der Waals surface area contributed by atoms with E-state index in [1.807, 2.05) is 7.05 Å². The first-order chi connectivity index (χ1) is 6.33. The fourth-order valence-corrected chi connectivity index (χ4v) is 2.04. The highest BCUT2D eigenvalue weighted by Crippen LogP contribution is 2.32. The number of hydrogen-bond acceptors (Lipinski definition) is 3. The van der Waals surface area contributed by atoms with E-state index in [2.05, 4.69) is 5.32 Å². The molecule has 1 aliphatic heterocycles. The summed E-state index contributed by atoms with van der Waals surface area (Å²) in [6, 6.07) is 0. The third-order valence-corrected chi connectivity index (χ3v) is 2.79. The molecule has 0 bridgehead atoms. The van der Waals surface area contributed by atoms with Crippen molar-refractivity contribution >= 4 is 0 Å². The van der Waals surface area contributed by atoms with Crippen molar-refractivity contribution in [2.45, 2.75) is 19.3 Å². The summed E-state index contributed by atoms with van der Waals surface area (Å²) in [6.45, 7) is 3.77. The molecule has 1 unspecified atom stereocenters. The maximum absolute atomic E-state index is 5.46. The molecule has 1 rings (SSSR count). The average molecular weight is 187 g/mol. The van der Waals surface area contributed by atoms with E-state index in [9.17, 15) is 0 Å². The van der Waals surface area contributed by atoms with Gasteiger partial charge in [0.2, 0.25) is 0 Å². The smallest absolute Gasteiger partial charge is 0.0535 e. The Morgan fingerprint density at radius 3 is 2.92 bits per heavy atom. The molecule has 0 aliphatic carbocycles. The highest BCUT2D eigenvalue weighted by molar-refractivity contribution is 4.84. The molecule has 0 saturated carbocycles. The summed E-state index contributed by atoms with van der Waals surface area (Å²) in [5.41, 5.74) is 0.382. The Hall–Kier alpha value is -0.120. The summed E-state index contributed by atoms with van der Waals surface area (Å²) in [5.74, 6) is 0. The molecule has 13 heavy (non-hydrogen) atoms. The van der Waals surface area contributed by atoms with Crippen molar-refractivity contribution in [3.8, 4) is 0 Å². The van der Waals surface area contributed by atoms with Crippen LogP contribution in [0.4, 0.5) is 0 Å². The van der Waals surface area contributed by atoms with Gasteiger partial charge in [0, 0.05) is 32.3 Å². The number of nitrogens with one attached hydrogen (secondary N) is 1. The molecule has 0 radical (unpaired) electrons. The summed E-state index contributed by atoms with van der Waals surface area (Å²) in [6.07, 6.45) is 3.54. The third kappa shape index (κ3) is 3.25. The standard InChI is InChI=1S/C10H21NO2/c1-11-8-10(4-3-6-12-2)5-7-13-9-10/h11H,3-9H2,1-2H3. The van der Waals surface area contributed by atoms with Crippen LogP contribution in [0.5, 0.6) is 0 Å². The van der Waals surface area contributed by atoms with E-state index in [4.69, 9.17) is 9.47 Å². The van der Waals surface area contributed by atoms with Gasteiger partial charge in [-0.25, -0.2) is 0 Å². The molecule has 1 N–H and O–H groups in total. The molecule has 1 saturated heterocycles. The van der Waals surface area contributed by atoms with Crippen LogP contribution in [0.2, 0.25) is 0 Å². The molecule has 0 aromatic carbocycles. The van der Waals surface area contributed by atoms with Crippen molar-refractivity contribution in [1.82, 2.24) is 5.32 Å². The van der Waals surface area contributed by atoms with Crippen LogP contribution in [0.25, 0.3) is 0 Å². The van der Waals surface area contributed by atoms with Crippen molar-refractivity contribution in [2.75, 3.05) is 40.5 Å². The summed E-state index contributed by atoms with van der Waals surface area (Å²) in [7, 11) is 3.77. The Labute approximate surface area is 80.8 Å². The van der Waals surface area contributed by atoms with Gasteiger partial charge >= 0.3 is 0 Å². The highest BCUT2D eigenvalue weighted by Gasteiger charge is 2.33. The van der Waals surface area contributed by atoms with Crippen LogP contribution in [-0.4, -0.2) is 40.5 Å². The van der Waals surface area contributed by atoms with Crippen LogP contribution < -0.4 is 5.32 Å². The van der Waals surface area contributed by atoms with Crippen LogP contribution in [-0.2, 0) is 9.47 Å². The van der Waals surface area contributed by atoms with Crippen molar-refractivity contribution in [3.63, 3.8) is 0 Å². The highest BCUT2D eigenvalue weighted by atomic mass is 16.5. The fourth-order valence-electron chi connectivity index (χ4n) is 2.04. The van der Waals surface area contributed by atoms with Gasteiger partial charge in [-0.15, -0.1) is 0 Å². The van der Waals surface area contributed by atoms with Crippen molar-refractivity contribution in [1.29, 1.82) is 0 Å². The van der Waals surface area contributed by atoms with E-state index >= 15 is 0 Å². The molecule has 78 valence electrons. The Balaban J connectivity index is 2.28. The third-order valence-electron chi connectivity index (χ3n) is 2.79.